The van der Waals surface area contributed by atoms with Crippen molar-refractivity contribution in [1.82, 2.24) is 5.32 Å². The van der Waals surface area contributed by atoms with Gasteiger partial charge >= 0.3 is 0 Å². The molecule has 1 aromatic carbocycles. The Kier molecular flexibility index (Phi) is 4.35. The predicted octanol–water partition coefficient (Wildman–Crippen LogP) is 2.73. The fourth-order valence-electron chi connectivity index (χ4n) is 1.43. The monoisotopic (exact) mass is 325 g/mol. The number of halogens is 1. The number of hydrogen-bond donors (Lipinski definition) is 3. The Balaban J connectivity index is 1.97. The van der Waals surface area contributed by atoms with Gasteiger partial charge in [0.2, 0.25) is 0 Å². The van der Waals surface area contributed by atoms with Crippen molar-refractivity contribution < 1.29 is 4.79 Å². The average molecular weight is 326 g/mol. The Hall–Kier alpha value is -1.37. The second-order valence-corrected chi connectivity index (χ2v) is 5.45. The van der Waals surface area contributed by atoms with E-state index in [-0.39, 0.29) is 5.91 Å². The lowest BCUT2D eigenvalue weighted by Gasteiger charge is -2.05. The number of rotatable bonds is 4. The normalized spacial score (nSPS) is 10.1. The SMILES string of the molecule is NNc1ccc(C(=O)NCc2sccc2Br)cc1. The Morgan fingerprint density at radius 2 is 2.00 bits per heavy atom. The fraction of sp³-hybridized carbons (Fsp3) is 0.0833. The Labute approximate surface area is 117 Å². The number of amides is 1. The van der Waals surface area contributed by atoms with Gasteiger partial charge in [0.05, 0.1) is 6.54 Å². The smallest absolute Gasteiger partial charge is 0.251 e. The number of nitrogen functional groups attached to an aromatic ring is 1. The molecule has 0 radical (unpaired) electrons. The van der Waals surface area contributed by atoms with Gasteiger partial charge in [0.15, 0.2) is 0 Å². The largest absolute Gasteiger partial charge is 0.347 e. The molecule has 0 spiro atoms. The molecule has 94 valence electrons. The molecule has 0 saturated heterocycles. The summed E-state index contributed by atoms with van der Waals surface area (Å²) >= 11 is 5.03. The first kappa shape index (κ1) is 13.1. The number of thiophene rings is 1. The average Bonchev–Trinajstić information content (AvgIpc) is 2.81. The topological polar surface area (TPSA) is 67.1 Å². The van der Waals surface area contributed by atoms with Crippen LogP contribution in [0.4, 0.5) is 5.69 Å². The number of hydrazine groups is 1. The molecule has 2 aromatic rings. The standard InChI is InChI=1S/C12H12BrN3OS/c13-10-5-6-18-11(10)7-15-12(17)8-1-3-9(16-14)4-2-8/h1-6,16H,7,14H2,(H,15,17). The van der Waals surface area contributed by atoms with E-state index in [4.69, 9.17) is 5.84 Å². The van der Waals surface area contributed by atoms with E-state index < -0.39 is 0 Å². The molecule has 18 heavy (non-hydrogen) atoms. The zero-order valence-corrected chi connectivity index (χ0v) is 11.8. The summed E-state index contributed by atoms with van der Waals surface area (Å²) in [6, 6.07) is 8.95. The fourth-order valence-corrected chi connectivity index (χ4v) is 2.86. The molecule has 0 aliphatic rings. The number of anilines is 1. The third kappa shape index (κ3) is 3.10. The third-order valence-corrected chi connectivity index (χ3v) is 4.34. The van der Waals surface area contributed by atoms with Crippen LogP contribution in [-0.4, -0.2) is 5.91 Å². The summed E-state index contributed by atoms with van der Waals surface area (Å²) in [7, 11) is 0. The summed E-state index contributed by atoms with van der Waals surface area (Å²) in [4.78, 5) is 13.0. The van der Waals surface area contributed by atoms with Gasteiger partial charge < -0.3 is 10.7 Å². The molecule has 6 heteroatoms. The van der Waals surface area contributed by atoms with Crippen LogP contribution in [0.5, 0.6) is 0 Å². The highest BCUT2D eigenvalue weighted by atomic mass is 79.9. The molecule has 1 heterocycles. The first-order valence-corrected chi connectivity index (χ1v) is 6.94. The quantitative estimate of drug-likeness (QED) is 0.598. The van der Waals surface area contributed by atoms with Crippen molar-refractivity contribution >= 4 is 38.9 Å². The minimum Gasteiger partial charge on any atom is -0.347 e. The molecule has 0 saturated carbocycles. The van der Waals surface area contributed by atoms with Gasteiger partial charge in [0.1, 0.15) is 0 Å². The molecule has 0 aliphatic carbocycles. The van der Waals surface area contributed by atoms with Crippen LogP contribution in [0.1, 0.15) is 15.2 Å². The van der Waals surface area contributed by atoms with Crippen LogP contribution in [0, 0.1) is 0 Å². The summed E-state index contributed by atoms with van der Waals surface area (Å²) in [5.74, 6) is 5.16. The maximum atomic E-state index is 11.9. The molecule has 1 aromatic heterocycles. The maximum absolute atomic E-state index is 11.9. The van der Waals surface area contributed by atoms with Crippen molar-refractivity contribution in [3.05, 3.63) is 50.6 Å². The van der Waals surface area contributed by atoms with Crippen molar-refractivity contribution in [1.29, 1.82) is 0 Å². The van der Waals surface area contributed by atoms with Crippen LogP contribution >= 0.6 is 27.3 Å². The minimum atomic E-state index is -0.0983. The molecule has 0 unspecified atom stereocenters. The van der Waals surface area contributed by atoms with E-state index in [0.29, 0.717) is 12.1 Å². The lowest BCUT2D eigenvalue weighted by atomic mass is 10.2. The minimum absolute atomic E-state index is 0.0983. The molecule has 0 bridgehead atoms. The molecule has 1 amide bonds. The number of carbonyl (C=O) groups excluding carboxylic acids is 1. The van der Waals surface area contributed by atoms with Crippen molar-refractivity contribution in [3.8, 4) is 0 Å². The predicted molar refractivity (Wildman–Crippen MR) is 77.4 cm³/mol. The zero-order valence-electron chi connectivity index (χ0n) is 9.44. The van der Waals surface area contributed by atoms with Gasteiger partial charge in [-0.15, -0.1) is 11.3 Å². The molecule has 0 fully saturated rings. The van der Waals surface area contributed by atoms with Crippen LogP contribution in [0.3, 0.4) is 0 Å². The van der Waals surface area contributed by atoms with Crippen molar-refractivity contribution in [3.63, 3.8) is 0 Å². The molecule has 4 nitrogen and oxygen atoms in total. The molecule has 0 atom stereocenters. The molecule has 4 N–H and O–H groups in total. The maximum Gasteiger partial charge on any atom is 0.251 e. The number of benzene rings is 1. The van der Waals surface area contributed by atoms with Crippen molar-refractivity contribution in [2.45, 2.75) is 6.54 Å². The summed E-state index contributed by atoms with van der Waals surface area (Å²) < 4.78 is 1.02. The van der Waals surface area contributed by atoms with Crippen LogP contribution in [0.15, 0.2) is 40.2 Å². The van der Waals surface area contributed by atoms with Crippen LogP contribution < -0.4 is 16.6 Å². The van der Waals surface area contributed by atoms with Crippen LogP contribution in [-0.2, 0) is 6.54 Å². The van der Waals surface area contributed by atoms with E-state index in [9.17, 15) is 4.79 Å². The van der Waals surface area contributed by atoms with Gasteiger partial charge in [-0.2, -0.15) is 0 Å². The first-order valence-electron chi connectivity index (χ1n) is 5.27. The van der Waals surface area contributed by atoms with Gasteiger partial charge in [-0.25, -0.2) is 0 Å². The second kappa shape index (κ2) is 5.99. The van der Waals surface area contributed by atoms with Gasteiger partial charge in [-0.1, -0.05) is 0 Å². The lowest BCUT2D eigenvalue weighted by Crippen LogP contribution is -2.22. The van der Waals surface area contributed by atoms with Gasteiger partial charge in [0.25, 0.3) is 5.91 Å². The van der Waals surface area contributed by atoms with E-state index in [2.05, 4.69) is 26.7 Å². The molecular weight excluding hydrogens is 314 g/mol. The van der Waals surface area contributed by atoms with Crippen molar-refractivity contribution in [2.24, 2.45) is 5.84 Å². The van der Waals surface area contributed by atoms with E-state index in [1.165, 1.54) is 0 Å². The van der Waals surface area contributed by atoms with Crippen LogP contribution in [0.2, 0.25) is 0 Å². The summed E-state index contributed by atoms with van der Waals surface area (Å²) in [6.45, 7) is 0.522. The second-order valence-electron chi connectivity index (χ2n) is 3.60. The van der Waals surface area contributed by atoms with Gasteiger partial charge in [-0.3, -0.25) is 10.6 Å². The Morgan fingerprint density at radius 1 is 1.28 bits per heavy atom. The lowest BCUT2D eigenvalue weighted by molar-refractivity contribution is 0.0951. The van der Waals surface area contributed by atoms with E-state index in [1.54, 1.807) is 35.6 Å². The third-order valence-electron chi connectivity index (χ3n) is 2.41. The number of carbonyl (C=O) groups is 1. The van der Waals surface area contributed by atoms with E-state index >= 15 is 0 Å². The number of hydrogen-bond acceptors (Lipinski definition) is 4. The Morgan fingerprint density at radius 3 is 2.56 bits per heavy atom. The molecule has 2 rings (SSSR count). The molecular formula is C12H12BrN3OS. The van der Waals surface area contributed by atoms with Crippen molar-refractivity contribution in [2.75, 3.05) is 5.43 Å². The summed E-state index contributed by atoms with van der Waals surface area (Å²) in [5.41, 5.74) is 3.90. The number of nitrogens with one attached hydrogen (secondary N) is 2. The highest BCUT2D eigenvalue weighted by Crippen LogP contribution is 2.22. The highest BCUT2D eigenvalue weighted by molar-refractivity contribution is 9.10. The first-order chi connectivity index (χ1) is 8.70. The molecule has 0 aliphatic heterocycles. The summed E-state index contributed by atoms with van der Waals surface area (Å²) in [6.07, 6.45) is 0. The Bertz CT molecular complexity index is 539. The van der Waals surface area contributed by atoms with E-state index in [0.717, 1.165) is 15.0 Å². The number of nitrogens with two attached hydrogens (primary N) is 1. The summed E-state index contributed by atoms with van der Waals surface area (Å²) in [5, 5.41) is 4.85. The van der Waals surface area contributed by atoms with Gasteiger partial charge in [-0.05, 0) is 51.6 Å². The van der Waals surface area contributed by atoms with E-state index in [1.807, 2.05) is 11.4 Å². The zero-order chi connectivity index (χ0) is 13.0. The highest BCUT2D eigenvalue weighted by Gasteiger charge is 2.07. The van der Waals surface area contributed by atoms with Gasteiger partial charge in [0, 0.05) is 20.6 Å². The van der Waals surface area contributed by atoms with Crippen LogP contribution in [0.25, 0.3) is 0 Å².